The van der Waals surface area contributed by atoms with Crippen molar-refractivity contribution in [3.05, 3.63) is 12.2 Å². The summed E-state index contributed by atoms with van der Waals surface area (Å²) < 4.78 is 9.12. The monoisotopic (exact) mass is 258 g/mol. The standard InChI is InChI=1S/C13H22O5/c1-17-12(15)11(13(16)18-2)9-7-5-3-4-6-8-10-14/h3-4,11,14H,5-10H2,1-2H3/b4-3+. The molecule has 0 aromatic carbocycles. The number of rotatable bonds is 9. The Bertz CT molecular complexity index is 257. The molecule has 0 heterocycles. The molecule has 5 nitrogen and oxygen atoms in total. The zero-order chi connectivity index (χ0) is 13.8. The minimum atomic E-state index is -0.828. The molecule has 0 amide bonds. The van der Waals surface area contributed by atoms with Crippen molar-refractivity contribution in [1.29, 1.82) is 0 Å². The van der Waals surface area contributed by atoms with Crippen molar-refractivity contribution < 1.29 is 24.2 Å². The van der Waals surface area contributed by atoms with Crippen molar-refractivity contribution in [3.63, 3.8) is 0 Å². The molecule has 0 aliphatic heterocycles. The van der Waals surface area contributed by atoms with Gasteiger partial charge in [-0.25, -0.2) is 0 Å². The third kappa shape index (κ3) is 7.06. The SMILES string of the molecule is COC(=O)C(CCC/C=C/CCCO)C(=O)OC. The summed E-state index contributed by atoms with van der Waals surface area (Å²) in [6, 6.07) is 0. The average Bonchev–Trinajstić information content (AvgIpc) is 2.40. The normalized spacial score (nSPS) is 10.9. The van der Waals surface area contributed by atoms with Gasteiger partial charge in [-0.15, -0.1) is 0 Å². The van der Waals surface area contributed by atoms with E-state index in [4.69, 9.17) is 5.11 Å². The summed E-state index contributed by atoms with van der Waals surface area (Å²) in [5.74, 6) is -1.93. The molecule has 0 unspecified atom stereocenters. The van der Waals surface area contributed by atoms with Crippen molar-refractivity contribution in [2.24, 2.45) is 5.92 Å². The maximum Gasteiger partial charge on any atom is 0.320 e. The van der Waals surface area contributed by atoms with Gasteiger partial charge in [-0.2, -0.15) is 0 Å². The average molecular weight is 258 g/mol. The van der Waals surface area contributed by atoms with Gasteiger partial charge >= 0.3 is 11.9 Å². The third-order valence-electron chi connectivity index (χ3n) is 2.53. The number of hydrogen-bond acceptors (Lipinski definition) is 5. The van der Waals surface area contributed by atoms with Gasteiger partial charge in [-0.3, -0.25) is 9.59 Å². The van der Waals surface area contributed by atoms with Crippen LogP contribution in [0, 0.1) is 5.92 Å². The smallest absolute Gasteiger partial charge is 0.320 e. The van der Waals surface area contributed by atoms with Crippen LogP contribution < -0.4 is 0 Å². The summed E-state index contributed by atoms with van der Waals surface area (Å²) in [5, 5.41) is 8.58. The van der Waals surface area contributed by atoms with E-state index in [0.29, 0.717) is 12.8 Å². The molecular weight excluding hydrogens is 236 g/mol. The van der Waals surface area contributed by atoms with E-state index in [9.17, 15) is 9.59 Å². The highest BCUT2D eigenvalue weighted by Crippen LogP contribution is 2.12. The van der Waals surface area contributed by atoms with Crippen LogP contribution in [-0.4, -0.2) is 37.9 Å². The number of carbonyl (C=O) groups excluding carboxylic acids is 2. The molecule has 0 rings (SSSR count). The van der Waals surface area contributed by atoms with E-state index in [2.05, 4.69) is 9.47 Å². The van der Waals surface area contributed by atoms with E-state index in [1.54, 1.807) is 0 Å². The van der Waals surface area contributed by atoms with E-state index in [1.165, 1.54) is 14.2 Å². The second-order valence-corrected chi connectivity index (χ2v) is 3.87. The third-order valence-corrected chi connectivity index (χ3v) is 2.53. The van der Waals surface area contributed by atoms with Gasteiger partial charge < -0.3 is 14.6 Å². The van der Waals surface area contributed by atoms with Gasteiger partial charge in [0, 0.05) is 6.61 Å². The molecule has 0 saturated carbocycles. The van der Waals surface area contributed by atoms with Crippen LogP contribution in [0.2, 0.25) is 0 Å². The molecule has 18 heavy (non-hydrogen) atoms. The molecule has 0 bridgehead atoms. The summed E-state index contributed by atoms with van der Waals surface area (Å²) in [5.41, 5.74) is 0. The lowest BCUT2D eigenvalue weighted by Crippen LogP contribution is -2.26. The van der Waals surface area contributed by atoms with E-state index in [-0.39, 0.29) is 6.61 Å². The number of allylic oxidation sites excluding steroid dienone is 2. The van der Waals surface area contributed by atoms with E-state index in [1.807, 2.05) is 12.2 Å². The summed E-state index contributed by atoms with van der Waals surface area (Å²) in [7, 11) is 2.51. The maximum atomic E-state index is 11.3. The maximum absolute atomic E-state index is 11.3. The highest BCUT2D eigenvalue weighted by atomic mass is 16.5. The lowest BCUT2D eigenvalue weighted by Gasteiger charge is -2.11. The predicted octanol–water partition coefficient (Wildman–Crippen LogP) is 1.45. The first-order valence-electron chi connectivity index (χ1n) is 6.08. The molecule has 104 valence electrons. The van der Waals surface area contributed by atoms with Gasteiger partial charge in [-0.05, 0) is 32.1 Å². The molecular formula is C13H22O5. The Balaban J connectivity index is 3.94. The highest BCUT2D eigenvalue weighted by Gasteiger charge is 2.27. The highest BCUT2D eigenvalue weighted by molar-refractivity contribution is 5.94. The van der Waals surface area contributed by atoms with Crippen molar-refractivity contribution in [3.8, 4) is 0 Å². The van der Waals surface area contributed by atoms with Crippen LogP contribution in [0.4, 0.5) is 0 Å². The van der Waals surface area contributed by atoms with Gasteiger partial charge in [0.25, 0.3) is 0 Å². The lowest BCUT2D eigenvalue weighted by molar-refractivity contribution is -0.159. The summed E-state index contributed by atoms with van der Waals surface area (Å²) in [6.45, 7) is 0.192. The van der Waals surface area contributed by atoms with E-state index < -0.39 is 17.9 Å². The van der Waals surface area contributed by atoms with Crippen LogP contribution in [0.25, 0.3) is 0 Å². The zero-order valence-corrected chi connectivity index (χ0v) is 11.1. The number of esters is 2. The molecule has 0 radical (unpaired) electrons. The van der Waals surface area contributed by atoms with Crippen molar-refractivity contribution in [2.75, 3.05) is 20.8 Å². The fourth-order valence-electron chi connectivity index (χ4n) is 1.50. The Kier molecular flexibility index (Phi) is 9.96. The topological polar surface area (TPSA) is 72.8 Å². The Morgan fingerprint density at radius 1 is 1.06 bits per heavy atom. The minimum absolute atomic E-state index is 0.192. The van der Waals surface area contributed by atoms with Gasteiger partial charge in [0.1, 0.15) is 0 Å². The molecule has 1 N–H and O–H groups in total. The molecule has 0 atom stereocenters. The fraction of sp³-hybridized carbons (Fsp3) is 0.692. The lowest BCUT2D eigenvalue weighted by atomic mass is 10.0. The first-order valence-corrected chi connectivity index (χ1v) is 6.08. The van der Waals surface area contributed by atoms with Crippen LogP contribution in [0.3, 0.4) is 0 Å². The second-order valence-electron chi connectivity index (χ2n) is 3.87. The Morgan fingerprint density at radius 2 is 1.56 bits per heavy atom. The number of aliphatic hydroxyl groups is 1. The molecule has 0 aliphatic rings. The largest absolute Gasteiger partial charge is 0.468 e. The van der Waals surface area contributed by atoms with Gasteiger partial charge in [0.15, 0.2) is 5.92 Å². The summed E-state index contributed by atoms with van der Waals surface area (Å²) in [6.07, 6.45) is 7.49. The minimum Gasteiger partial charge on any atom is -0.468 e. The Hall–Kier alpha value is -1.36. The van der Waals surface area contributed by atoms with Crippen LogP contribution in [-0.2, 0) is 19.1 Å². The Morgan fingerprint density at radius 3 is 2.00 bits per heavy atom. The van der Waals surface area contributed by atoms with Crippen LogP contribution >= 0.6 is 0 Å². The quantitative estimate of drug-likeness (QED) is 0.293. The van der Waals surface area contributed by atoms with Gasteiger partial charge in [-0.1, -0.05) is 12.2 Å². The summed E-state index contributed by atoms with van der Waals surface area (Å²) in [4.78, 5) is 22.7. The first kappa shape index (κ1) is 16.6. The number of methoxy groups -OCH3 is 2. The molecule has 5 heteroatoms. The number of carbonyl (C=O) groups is 2. The first-order chi connectivity index (χ1) is 8.67. The fourth-order valence-corrected chi connectivity index (χ4v) is 1.50. The van der Waals surface area contributed by atoms with E-state index >= 15 is 0 Å². The zero-order valence-electron chi connectivity index (χ0n) is 11.1. The van der Waals surface area contributed by atoms with Crippen LogP contribution in [0.5, 0.6) is 0 Å². The molecule has 0 saturated heterocycles. The van der Waals surface area contributed by atoms with Gasteiger partial charge in [0.2, 0.25) is 0 Å². The molecule has 0 aromatic heterocycles. The van der Waals surface area contributed by atoms with Gasteiger partial charge in [0.05, 0.1) is 14.2 Å². The molecule has 0 spiro atoms. The second kappa shape index (κ2) is 10.8. The number of hydrogen-bond donors (Lipinski definition) is 1. The van der Waals surface area contributed by atoms with Crippen LogP contribution in [0.1, 0.15) is 32.1 Å². The molecule has 0 aliphatic carbocycles. The molecule has 0 fully saturated rings. The number of ether oxygens (including phenoxy) is 2. The Labute approximate surface area is 108 Å². The van der Waals surface area contributed by atoms with Crippen molar-refractivity contribution in [2.45, 2.75) is 32.1 Å². The van der Waals surface area contributed by atoms with E-state index in [0.717, 1.165) is 19.3 Å². The van der Waals surface area contributed by atoms with Crippen molar-refractivity contribution >= 4 is 11.9 Å². The molecule has 0 aromatic rings. The summed E-state index contributed by atoms with van der Waals surface area (Å²) >= 11 is 0. The van der Waals surface area contributed by atoms with Crippen LogP contribution in [0.15, 0.2) is 12.2 Å². The van der Waals surface area contributed by atoms with Crippen molar-refractivity contribution in [1.82, 2.24) is 0 Å². The predicted molar refractivity (Wildman–Crippen MR) is 66.8 cm³/mol. The number of unbranched alkanes of at least 4 members (excludes halogenated alkanes) is 2. The number of aliphatic hydroxyl groups excluding tert-OH is 1.